The number of anilines is 2. The first-order valence-corrected chi connectivity index (χ1v) is 6.63. The molecule has 0 radical (unpaired) electrons. The topological polar surface area (TPSA) is 71.2 Å². The number of nitrogen functional groups attached to an aromatic ring is 1. The van der Waals surface area contributed by atoms with Crippen molar-refractivity contribution in [1.82, 2.24) is 4.98 Å². The van der Waals surface area contributed by atoms with E-state index < -0.39 is 0 Å². The second-order valence-corrected chi connectivity index (χ2v) is 5.13. The molecular weight excluding hydrogens is 238 g/mol. The Balaban J connectivity index is 2.32. The number of nitrogens with two attached hydrogens (primary N) is 1. The van der Waals surface area contributed by atoms with Crippen molar-refractivity contribution in [2.24, 2.45) is 5.92 Å². The molecule has 0 aliphatic rings. The van der Waals surface area contributed by atoms with E-state index in [0.29, 0.717) is 12.3 Å². The van der Waals surface area contributed by atoms with Gasteiger partial charge in [0.05, 0.1) is 11.4 Å². The van der Waals surface area contributed by atoms with E-state index in [9.17, 15) is 0 Å². The van der Waals surface area contributed by atoms with Crippen LogP contribution in [0.15, 0.2) is 30.6 Å². The van der Waals surface area contributed by atoms with E-state index in [0.717, 1.165) is 22.1 Å². The number of hydrogen-bond acceptors (Lipinski definition) is 4. The van der Waals surface area contributed by atoms with Gasteiger partial charge in [0, 0.05) is 35.8 Å². The van der Waals surface area contributed by atoms with Gasteiger partial charge in [-0.05, 0) is 24.5 Å². The maximum Gasteiger partial charge on any atom is 0.0630 e. The highest BCUT2D eigenvalue weighted by Gasteiger charge is 2.14. The minimum Gasteiger partial charge on any atom is -0.397 e. The summed E-state index contributed by atoms with van der Waals surface area (Å²) in [5, 5.41) is 14.6. The lowest BCUT2D eigenvalue weighted by atomic mass is 10.00. The summed E-state index contributed by atoms with van der Waals surface area (Å²) in [5.74, 6) is 0.430. The number of benzene rings is 1. The summed E-state index contributed by atoms with van der Waals surface area (Å²) in [4.78, 5) is 4.09. The van der Waals surface area contributed by atoms with Crippen LogP contribution in [0.5, 0.6) is 0 Å². The van der Waals surface area contributed by atoms with E-state index >= 15 is 0 Å². The Labute approximate surface area is 113 Å². The minimum atomic E-state index is 0.174. The predicted octanol–water partition coefficient (Wildman–Crippen LogP) is 2.64. The first-order chi connectivity index (χ1) is 9.13. The number of nitrogens with zero attached hydrogens (tertiary/aromatic N) is 1. The van der Waals surface area contributed by atoms with Crippen LogP contribution in [-0.4, -0.2) is 22.7 Å². The first-order valence-electron chi connectivity index (χ1n) is 6.63. The number of aliphatic hydroxyl groups excluding tert-OH is 1. The molecule has 1 unspecified atom stereocenters. The molecule has 4 N–H and O–H groups in total. The Kier molecular flexibility index (Phi) is 4.22. The molecule has 2 aromatic rings. The maximum atomic E-state index is 9.13. The highest BCUT2D eigenvalue weighted by Crippen LogP contribution is 2.29. The highest BCUT2D eigenvalue weighted by molar-refractivity contribution is 5.98. The second kappa shape index (κ2) is 5.89. The lowest BCUT2D eigenvalue weighted by molar-refractivity contribution is 0.267. The van der Waals surface area contributed by atoms with Gasteiger partial charge in [0.2, 0.25) is 0 Å². The first kappa shape index (κ1) is 13.6. The van der Waals surface area contributed by atoms with Crippen LogP contribution in [0.2, 0.25) is 0 Å². The highest BCUT2D eigenvalue weighted by atomic mass is 16.3. The maximum absolute atomic E-state index is 9.13. The Morgan fingerprint density at radius 2 is 2.11 bits per heavy atom. The number of aromatic nitrogens is 1. The SMILES string of the molecule is CC(C)C(CCO)Nc1ccc2cnccc2c1N. The minimum absolute atomic E-state index is 0.174. The van der Waals surface area contributed by atoms with E-state index in [1.807, 2.05) is 24.4 Å². The van der Waals surface area contributed by atoms with Gasteiger partial charge < -0.3 is 16.2 Å². The van der Waals surface area contributed by atoms with Crippen molar-refractivity contribution in [3.8, 4) is 0 Å². The average Bonchev–Trinajstić information content (AvgIpc) is 2.41. The molecule has 0 saturated heterocycles. The van der Waals surface area contributed by atoms with Gasteiger partial charge in [-0.3, -0.25) is 4.98 Å². The molecule has 4 heteroatoms. The molecular formula is C15H21N3O. The number of aliphatic hydroxyl groups is 1. The summed E-state index contributed by atoms with van der Waals surface area (Å²) in [6.45, 7) is 4.44. The largest absolute Gasteiger partial charge is 0.397 e. The number of nitrogens with one attached hydrogen (secondary N) is 1. The van der Waals surface area contributed by atoms with Gasteiger partial charge in [0.1, 0.15) is 0 Å². The van der Waals surface area contributed by atoms with E-state index in [1.54, 1.807) is 6.20 Å². The lowest BCUT2D eigenvalue weighted by Gasteiger charge is -2.24. The van der Waals surface area contributed by atoms with Crippen molar-refractivity contribution in [3.63, 3.8) is 0 Å². The molecule has 0 amide bonds. The Morgan fingerprint density at radius 1 is 1.32 bits per heavy atom. The summed E-state index contributed by atoms with van der Waals surface area (Å²) in [6.07, 6.45) is 4.27. The zero-order valence-corrected chi connectivity index (χ0v) is 11.4. The smallest absolute Gasteiger partial charge is 0.0630 e. The molecule has 0 spiro atoms. The summed E-state index contributed by atoms with van der Waals surface area (Å²) < 4.78 is 0. The van der Waals surface area contributed by atoms with Crippen LogP contribution in [0.4, 0.5) is 11.4 Å². The molecule has 4 nitrogen and oxygen atoms in total. The summed E-state index contributed by atoms with van der Waals surface area (Å²) in [5.41, 5.74) is 7.87. The Hall–Kier alpha value is -1.81. The van der Waals surface area contributed by atoms with Crippen molar-refractivity contribution in [1.29, 1.82) is 0 Å². The molecule has 0 aliphatic carbocycles. The number of fused-ring (bicyclic) bond motifs is 1. The molecule has 1 heterocycles. The van der Waals surface area contributed by atoms with Gasteiger partial charge in [0.15, 0.2) is 0 Å². The molecule has 1 aromatic carbocycles. The van der Waals surface area contributed by atoms with E-state index in [4.69, 9.17) is 10.8 Å². The quantitative estimate of drug-likeness (QED) is 0.722. The van der Waals surface area contributed by atoms with Gasteiger partial charge in [0.25, 0.3) is 0 Å². The molecule has 19 heavy (non-hydrogen) atoms. The third kappa shape index (κ3) is 2.96. The number of pyridine rings is 1. The summed E-state index contributed by atoms with van der Waals surface area (Å²) >= 11 is 0. The van der Waals surface area contributed by atoms with Gasteiger partial charge in [-0.15, -0.1) is 0 Å². The van der Waals surface area contributed by atoms with Crippen molar-refractivity contribution in [2.45, 2.75) is 26.3 Å². The average molecular weight is 259 g/mol. The molecule has 102 valence electrons. The fraction of sp³-hybridized carbons (Fsp3) is 0.400. The third-order valence-corrected chi connectivity index (χ3v) is 3.45. The van der Waals surface area contributed by atoms with Crippen LogP contribution in [0.3, 0.4) is 0 Å². The zero-order chi connectivity index (χ0) is 13.8. The summed E-state index contributed by atoms with van der Waals surface area (Å²) in [7, 11) is 0. The van der Waals surface area contributed by atoms with Gasteiger partial charge in [-0.1, -0.05) is 19.9 Å². The third-order valence-electron chi connectivity index (χ3n) is 3.45. The lowest BCUT2D eigenvalue weighted by Crippen LogP contribution is -2.27. The van der Waals surface area contributed by atoms with Crippen LogP contribution >= 0.6 is 0 Å². The van der Waals surface area contributed by atoms with Crippen LogP contribution in [0.25, 0.3) is 10.8 Å². The molecule has 0 fully saturated rings. The number of hydrogen-bond donors (Lipinski definition) is 3. The number of rotatable bonds is 5. The van der Waals surface area contributed by atoms with Crippen LogP contribution in [-0.2, 0) is 0 Å². The fourth-order valence-corrected chi connectivity index (χ4v) is 2.23. The molecule has 0 aliphatic heterocycles. The van der Waals surface area contributed by atoms with Gasteiger partial charge in [-0.2, -0.15) is 0 Å². The molecule has 1 atom stereocenters. The molecule has 0 saturated carbocycles. The van der Waals surface area contributed by atoms with Crippen molar-refractivity contribution >= 4 is 22.1 Å². The molecule has 1 aromatic heterocycles. The summed E-state index contributed by atoms with van der Waals surface area (Å²) in [6, 6.07) is 6.13. The van der Waals surface area contributed by atoms with Crippen LogP contribution in [0.1, 0.15) is 20.3 Å². The van der Waals surface area contributed by atoms with Crippen molar-refractivity contribution in [3.05, 3.63) is 30.6 Å². The van der Waals surface area contributed by atoms with Crippen molar-refractivity contribution < 1.29 is 5.11 Å². The van der Waals surface area contributed by atoms with Crippen molar-refractivity contribution in [2.75, 3.05) is 17.7 Å². The molecule has 0 bridgehead atoms. The van der Waals surface area contributed by atoms with Crippen LogP contribution < -0.4 is 11.1 Å². The zero-order valence-electron chi connectivity index (χ0n) is 11.4. The Morgan fingerprint density at radius 3 is 2.79 bits per heavy atom. The fourth-order valence-electron chi connectivity index (χ4n) is 2.23. The normalized spacial score (nSPS) is 12.8. The van der Waals surface area contributed by atoms with E-state index in [1.165, 1.54) is 0 Å². The standard InChI is InChI=1S/C15H21N3O/c1-10(2)13(6-8-19)18-14-4-3-11-9-17-7-5-12(11)15(14)16/h3-5,7,9-10,13,18-19H,6,8,16H2,1-2H3. The second-order valence-electron chi connectivity index (χ2n) is 5.13. The van der Waals surface area contributed by atoms with E-state index in [-0.39, 0.29) is 12.6 Å². The molecule has 2 rings (SSSR count). The van der Waals surface area contributed by atoms with Gasteiger partial charge >= 0.3 is 0 Å². The predicted molar refractivity (Wildman–Crippen MR) is 80.1 cm³/mol. The van der Waals surface area contributed by atoms with E-state index in [2.05, 4.69) is 24.1 Å². The monoisotopic (exact) mass is 259 g/mol. The van der Waals surface area contributed by atoms with Crippen LogP contribution in [0, 0.1) is 5.92 Å². The Bertz CT molecular complexity index is 554. The van der Waals surface area contributed by atoms with Gasteiger partial charge in [-0.25, -0.2) is 0 Å².